The van der Waals surface area contributed by atoms with Gasteiger partial charge in [0.1, 0.15) is 5.60 Å². The molecular formula is C16H22F3NO3. The Kier molecular flexibility index (Phi) is 6.04. The fourth-order valence-corrected chi connectivity index (χ4v) is 1.87. The molecule has 7 heteroatoms. The summed E-state index contributed by atoms with van der Waals surface area (Å²) in [7, 11) is 0. The molecule has 1 aromatic rings. The Morgan fingerprint density at radius 1 is 1.30 bits per heavy atom. The fraction of sp³-hybridized carbons (Fsp3) is 0.562. The monoisotopic (exact) mass is 333 g/mol. The first-order valence-electron chi connectivity index (χ1n) is 7.26. The van der Waals surface area contributed by atoms with Crippen molar-refractivity contribution in [3.05, 3.63) is 29.3 Å². The number of aliphatic hydroxyl groups excluding tert-OH is 1. The first-order chi connectivity index (χ1) is 10.4. The number of aliphatic hydroxyl groups is 1. The van der Waals surface area contributed by atoms with Gasteiger partial charge in [0, 0.05) is 5.69 Å². The molecule has 0 fully saturated rings. The first kappa shape index (κ1) is 19.3. The molecule has 0 saturated carbocycles. The van der Waals surface area contributed by atoms with E-state index in [1.54, 1.807) is 27.7 Å². The van der Waals surface area contributed by atoms with Gasteiger partial charge in [-0.15, -0.1) is 0 Å². The molecule has 0 bridgehead atoms. The molecule has 0 aliphatic carbocycles. The number of alkyl halides is 3. The van der Waals surface area contributed by atoms with Gasteiger partial charge in [0.2, 0.25) is 0 Å². The van der Waals surface area contributed by atoms with Crippen molar-refractivity contribution in [1.82, 2.24) is 0 Å². The molecule has 0 aliphatic rings. The van der Waals surface area contributed by atoms with E-state index in [2.05, 4.69) is 5.32 Å². The maximum absolute atomic E-state index is 12.8. The number of carbonyl (C=O) groups excluding carboxylic acids is 1. The van der Waals surface area contributed by atoms with E-state index in [0.29, 0.717) is 18.4 Å². The second kappa shape index (κ2) is 7.21. The normalized spacial score (nSPS) is 13.6. The van der Waals surface area contributed by atoms with E-state index in [1.165, 1.54) is 6.07 Å². The van der Waals surface area contributed by atoms with Crippen LogP contribution in [0.3, 0.4) is 0 Å². The maximum atomic E-state index is 12.8. The summed E-state index contributed by atoms with van der Waals surface area (Å²) in [4.78, 5) is 11.8. The van der Waals surface area contributed by atoms with Gasteiger partial charge in [-0.3, -0.25) is 5.32 Å². The average molecular weight is 333 g/mol. The predicted octanol–water partition coefficient (Wildman–Crippen LogP) is 4.37. The fourth-order valence-electron chi connectivity index (χ4n) is 1.87. The van der Waals surface area contributed by atoms with Gasteiger partial charge in [-0.2, -0.15) is 13.2 Å². The Morgan fingerprint density at radius 3 is 2.39 bits per heavy atom. The maximum Gasteiger partial charge on any atom is 0.416 e. The molecule has 1 amide bonds. The van der Waals surface area contributed by atoms with Crippen molar-refractivity contribution in [3.8, 4) is 0 Å². The van der Waals surface area contributed by atoms with E-state index < -0.39 is 29.5 Å². The Morgan fingerprint density at radius 2 is 1.91 bits per heavy atom. The van der Waals surface area contributed by atoms with Gasteiger partial charge in [0.25, 0.3) is 0 Å². The largest absolute Gasteiger partial charge is 0.444 e. The third-order valence-corrected chi connectivity index (χ3v) is 2.90. The topological polar surface area (TPSA) is 58.6 Å². The van der Waals surface area contributed by atoms with Gasteiger partial charge in [0.15, 0.2) is 0 Å². The average Bonchev–Trinajstić information content (AvgIpc) is 2.33. The zero-order valence-electron chi connectivity index (χ0n) is 13.6. The van der Waals surface area contributed by atoms with Crippen molar-refractivity contribution in [3.63, 3.8) is 0 Å². The number of hydrogen-bond acceptors (Lipinski definition) is 3. The number of anilines is 1. The van der Waals surface area contributed by atoms with Crippen molar-refractivity contribution < 1.29 is 27.8 Å². The molecule has 4 nitrogen and oxygen atoms in total. The van der Waals surface area contributed by atoms with Gasteiger partial charge in [-0.25, -0.2) is 4.79 Å². The molecule has 2 N–H and O–H groups in total. The van der Waals surface area contributed by atoms with Crippen molar-refractivity contribution in [2.45, 2.75) is 58.4 Å². The zero-order chi connectivity index (χ0) is 17.8. The lowest BCUT2D eigenvalue weighted by Crippen LogP contribution is -2.27. The predicted molar refractivity (Wildman–Crippen MR) is 81.3 cm³/mol. The van der Waals surface area contributed by atoms with E-state index >= 15 is 0 Å². The van der Waals surface area contributed by atoms with Gasteiger partial charge < -0.3 is 9.84 Å². The smallest absolute Gasteiger partial charge is 0.416 e. The van der Waals surface area contributed by atoms with Gasteiger partial charge in [0.05, 0.1) is 11.7 Å². The highest BCUT2D eigenvalue weighted by molar-refractivity contribution is 5.86. The molecule has 1 unspecified atom stereocenters. The van der Waals surface area contributed by atoms with Gasteiger partial charge in [-0.05, 0) is 58.2 Å². The lowest BCUT2D eigenvalue weighted by Gasteiger charge is -2.21. The van der Waals surface area contributed by atoms with Crippen LogP contribution in [-0.2, 0) is 17.3 Å². The van der Waals surface area contributed by atoms with Gasteiger partial charge >= 0.3 is 12.3 Å². The molecule has 0 heterocycles. The highest BCUT2D eigenvalue weighted by Crippen LogP contribution is 2.33. The number of amides is 1. The second-order valence-electron chi connectivity index (χ2n) is 6.38. The van der Waals surface area contributed by atoms with Crippen molar-refractivity contribution in [2.75, 3.05) is 5.32 Å². The number of carbonyl (C=O) groups is 1. The number of ether oxygens (including phenoxy) is 1. The third kappa shape index (κ3) is 6.90. The molecule has 0 aromatic heterocycles. The van der Waals surface area contributed by atoms with Crippen LogP contribution in [0.25, 0.3) is 0 Å². The van der Waals surface area contributed by atoms with Crippen LogP contribution in [-0.4, -0.2) is 22.9 Å². The SMILES string of the molecule is CC(O)CCc1ccc(C(F)(F)F)cc1NC(=O)OC(C)(C)C. The summed E-state index contributed by atoms with van der Waals surface area (Å²) in [5.74, 6) is 0. The Bertz CT molecular complexity index is 548. The number of rotatable bonds is 4. The molecule has 0 spiro atoms. The third-order valence-electron chi connectivity index (χ3n) is 2.90. The van der Waals surface area contributed by atoms with E-state index in [1.807, 2.05) is 0 Å². The van der Waals surface area contributed by atoms with Crippen LogP contribution in [0.1, 0.15) is 45.2 Å². The van der Waals surface area contributed by atoms with Crippen LogP contribution >= 0.6 is 0 Å². The second-order valence-corrected chi connectivity index (χ2v) is 6.38. The number of aryl methyl sites for hydroxylation is 1. The zero-order valence-corrected chi connectivity index (χ0v) is 13.6. The lowest BCUT2D eigenvalue weighted by atomic mass is 10.0. The summed E-state index contributed by atoms with van der Waals surface area (Å²) in [5.41, 5.74) is -1.07. The molecule has 0 aliphatic heterocycles. The Hall–Kier alpha value is -1.76. The highest BCUT2D eigenvalue weighted by Gasteiger charge is 2.31. The summed E-state index contributed by atoms with van der Waals surface area (Å²) in [5, 5.41) is 11.7. The Balaban J connectivity index is 3.05. The van der Waals surface area contributed by atoms with Crippen molar-refractivity contribution in [2.24, 2.45) is 0 Å². The Labute approximate surface area is 133 Å². The summed E-state index contributed by atoms with van der Waals surface area (Å²) >= 11 is 0. The van der Waals surface area contributed by atoms with Crippen molar-refractivity contribution in [1.29, 1.82) is 0 Å². The van der Waals surface area contributed by atoms with E-state index in [0.717, 1.165) is 12.1 Å². The summed E-state index contributed by atoms with van der Waals surface area (Å²) in [6.45, 7) is 6.57. The number of nitrogens with one attached hydrogen (secondary N) is 1. The minimum atomic E-state index is -4.51. The van der Waals surface area contributed by atoms with E-state index in [-0.39, 0.29) is 5.69 Å². The number of benzene rings is 1. The molecule has 0 radical (unpaired) electrons. The molecule has 1 rings (SSSR count). The van der Waals surface area contributed by atoms with Crippen LogP contribution in [0.4, 0.5) is 23.7 Å². The van der Waals surface area contributed by atoms with Crippen molar-refractivity contribution >= 4 is 11.8 Å². The minimum Gasteiger partial charge on any atom is -0.444 e. The van der Waals surface area contributed by atoms with Gasteiger partial charge in [-0.1, -0.05) is 6.07 Å². The van der Waals surface area contributed by atoms with Crippen LogP contribution in [0.15, 0.2) is 18.2 Å². The summed E-state index contributed by atoms with van der Waals surface area (Å²) < 4.78 is 43.6. The van der Waals surface area contributed by atoms with Crippen LogP contribution < -0.4 is 5.32 Å². The standard InChI is InChI=1S/C16H22F3NO3/c1-10(21)5-6-11-7-8-12(16(17,18)19)9-13(11)20-14(22)23-15(2,3)4/h7-10,21H,5-6H2,1-4H3,(H,20,22). The highest BCUT2D eigenvalue weighted by atomic mass is 19.4. The molecule has 1 atom stereocenters. The molecule has 1 aromatic carbocycles. The number of halogens is 3. The number of hydrogen-bond donors (Lipinski definition) is 2. The molecule has 0 saturated heterocycles. The molecule has 23 heavy (non-hydrogen) atoms. The van der Waals surface area contributed by atoms with Crippen LogP contribution in [0.5, 0.6) is 0 Å². The molecular weight excluding hydrogens is 311 g/mol. The van der Waals surface area contributed by atoms with Crippen LogP contribution in [0, 0.1) is 0 Å². The molecule has 130 valence electrons. The van der Waals surface area contributed by atoms with E-state index in [9.17, 15) is 23.1 Å². The lowest BCUT2D eigenvalue weighted by molar-refractivity contribution is -0.137. The van der Waals surface area contributed by atoms with E-state index in [4.69, 9.17) is 4.74 Å². The first-order valence-corrected chi connectivity index (χ1v) is 7.26. The van der Waals surface area contributed by atoms with Crippen LogP contribution in [0.2, 0.25) is 0 Å². The quantitative estimate of drug-likeness (QED) is 0.860. The summed E-state index contributed by atoms with van der Waals surface area (Å²) in [6.07, 6.45) is -5.22. The minimum absolute atomic E-state index is 0.0368. The summed E-state index contributed by atoms with van der Waals surface area (Å²) in [6, 6.07) is 3.14.